The second kappa shape index (κ2) is 12.4. The summed E-state index contributed by atoms with van der Waals surface area (Å²) in [6, 6.07) is 0. The largest absolute Gasteiger partial charge is 0.375 e. The summed E-state index contributed by atoms with van der Waals surface area (Å²) in [7, 11) is -4.26. The molecule has 0 rings (SSSR count). The highest BCUT2D eigenvalue weighted by Gasteiger charge is 2.36. The third-order valence-electron chi connectivity index (χ3n) is 4.94. The summed E-state index contributed by atoms with van der Waals surface area (Å²) in [6.07, 6.45) is 10.6. The quantitative estimate of drug-likeness (QED) is 0.251. The van der Waals surface area contributed by atoms with E-state index in [9.17, 15) is 13.0 Å². The standard InChI is InChI=1S/C21H44O5S/c1-8-9-10-11-12-13-14-15-18(2)17-25-20(4,5)16-19(3)26-21(6,7)27(22,23)24/h18-19H,8-17H2,1-7H3,(H,22,23,24). The molecule has 0 aromatic carbocycles. The van der Waals surface area contributed by atoms with Gasteiger partial charge in [0.1, 0.15) is 0 Å². The van der Waals surface area contributed by atoms with Crippen molar-refractivity contribution in [2.75, 3.05) is 6.61 Å². The average Bonchev–Trinajstić information content (AvgIpc) is 2.50. The van der Waals surface area contributed by atoms with Crippen LogP contribution in [-0.2, 0) is 19.6 Å². The third-order valence-corrected chi connectivity index (χ3v) is 6.28. The molecular formula is C21H44O5S. The number of hydrogen-bond donors (Lipinski definition) is 1. The van der Waals surface area contributed by atoms with Crippen molar-refractivity contribution >= 4 is 10.1 Å². The van der Waals surface area contributed by atoms with E-state index in [1.54, 1.807) is 6.92 Å². The lowest BCUT2D eigenvalue weighted by Gasteiger charge is -2.33. The van der Waals surface area contributed by atoms with E-state index in [0.717, 1.165) is 0 Å². The fourth-order valence-electron chi connectivity index (χ4n) is 3.24. The first-order valence-electron chi connectivity index (χ1n) is 10.6. The van der Waals surface area contributed by atoms with Crippen LogP contribution in [0.15, 0.2) is 0 Å². The first-order valence-corrected chi connectivity index (χ1v) is 12.0. The SMILES string of the molecule is CCCCCCCCCC(C)COC(C)(C)CC(C)OC(C)(C)S(=O)(=O)O. The van der Waals surface area contributed by atoms with E-state index in [-0.39, 0.29) is 6.10 Å². The molecule has 2 unspecified atom stereocenters. The van der Waals surface area contributed by atoms with Gasteiger partial charge in [-0.25, -0.2) is 0 Å². The van der Waals surface area contributed by atoms with Crippen molar-refractivity contribution in [3.8, 4) is 0 Å². The molecule has 0 aromatic rings. The lowest BCUT2D eigenvalue weighted by molar-refractivity contribution is -0.0911. The van der Waals surface area contributed by atoms with Crippen LogP contribution in [0.4, 0.5) is 0 Å². The zero-order valence-corrected chi connectivity index (χ0v) is 19.5. The van der Waals surface area contributed by atoms with Gasteiger partial charge in [0.15, 0.2) is 4.93 Å². The van der Waals surface area contributed by atoms with Crippen LogP contribution in [0.2, 0.25) is 0 Å². The van der Waals surface area contributed by atoms with E-state index >= 15 is 0 Å². The number of rotatable bonds is 16. The van der Waals surface area contributed by atoms with Crippen LogP contribution in [0.1, 0.15) is 106 Å². The molecule has 164 valence electrons. The van der Waals surface area contributed by atoms with Gasteiger partial charge in [0.25, 0.3) is 10.1 Å². The smallest absolute Gasteiger partial charge is 0.294 e. The van der Waals surface area contributed by atoms with Gasteiger partial charge in [0, 0.05) is 13.0 Å². The van der Waals surface area contributed by atoms with Gasteiger partial charge in [-0.1, -0.05) is 58.8 Å². The van der Waals surface area contributed by atoms with Gasteiger partial charge < -0.3 is 9.47 Å². The molecule has 0 aromatic heterocycles. The molecule has 0 saturated heterocycles. The molecule has 0 heterocycles. The third kappa shape index (κ3) is 12.8. The van der Waals surface area contributed by atoms with Gasteiger partial charge in [-0.15, -0.1) is 0 Å². The first-order chi connectivity index (χ1) is 12.3. The van der Waals surface area contributed by atoms with E-state index in [2.05, 4.69) is 13.8 Å². The fraction of sp³-hybridized carbons (Fsp3) is 1.00. The maximum Gasteiger partial charge on any atom is 0.294 e. The molecule has 0 saturated carbocycles. The molecule has 0 radical (unpaired) electrons. The van der Waals surface area contributed by atoms with Gasteiger partial charge in [-0.05, 0) is 47.0 Å². The normalized spacial score (nSPS) is 15.7. The van der Waals surface area contributed by atoms with Gasteiger partial charge in [0.05, 0.1) is 11.7 Å². The highest BCUT2D eigenvalue weighted by atomic mass is 32.2. The predicted molar refractivity (Wildman–Crippen MR) is 113 cm³/mol. The van der Waals surface area contributed by atoms with Gasteiger partial charge in [-0.2, -0.15) is 8.42 Å². The molecule has 0 bridgehead atoms. The van der Waals surface area contributed by atoms with Crippen LogP contribution in [0, 0.1) is 5.92 Å². The van der Waals surface area contributed by atoms with Crippen LogP contribution in [-0.4, -0.2) is 36.2 Å². The van der Waals surface area contributed by atoms with Crippen LogP contribution < -0.4 is 0 Å². The molecule has 27 heavy (non-hydrogen) atoms. The van der Waals surface area contributed by atoms with Crippen LogP contribution in [0.25, 0.3) is 0 Å². The van der Waals surface area contributed by atoms with Gasteiger partial charge in [0.2, 0.25) is 0 Å². The minimum atomic E-state index is -4.26. The molecule has 0 spiro atoms. The summed E-state index contributed by atoms with van der Waals surface area (Å²) in [4.78, 5) is -1.62. The summed E-state index contributed by atoms with van der Waals surface area (Å²) in [5.74, 6) is 0.505. The van der Waals surface area contributed by atoms with Crippen molar-refractivity contribution in [3.05, 3.63) is 0 Å². The Bertz CT molecular complexity index is 485. The van der Waals surface area contributed by atoms with E-state index in [1.165, 1.54) is 65.2 Å². The second-order valence-corrected chi connectivity index (χ2v) is 11.0. The minimum Gasteiger partial charge on any atom is -0.375 e. The molecule has 0 aliphatic heterocycles. The Balaban J connectivity index is 4.10. The molecule has 6 heteroatoms. The van der Waals surface area contributed by atoms with E-state index in [1.807, 2.05) is 13.8 Å². The Morgan fingerprint density at radius 3 is 1.96 bits per heavy atom. The molecule has 5 nitrogen and oxygen atoms in total. The van der Waals surface area contributed by atoms with E-state index in [4.69, 9.17) is 9.47 Å². The molecule has 0 fully saturated rings. The number of hydrogen-bond acceptors (Lipinski definition) is 4. The summed E-state index contributed by atoms with van der Waals surface area (Å²) in [5, 5.41) is 0. The van der Waals surface area contributed by atoms with Crippen LogP contribution in [0.3, 0.4) is 0 Å². The second-order valence-electron chi connectivity index (χ2n) is 9.09. The monoisotopic (exact) mass is 408 g/mol. The molecule has 2 atom stereocenters. The zero-order valence-electron chi connectivity index (χ0n) is 18.7. The lowest BCUT2D eigenvalue weighted by atomic mass is 9.99. The summed E-state index contributed by atoms with van der Waals surface area (Å²) >= 11 is 0. The highest BCUT2D eigenvalue weighted by molar-refractivity contribution is 7.87. The van der Waals surface area contributed by atoms with Crippen LogP contribution in [0.5, 0.6) is 0 Å². The van der Waals surface area contributed by atoms with Crippen molar-refractivity contribution in [1.82, 2.24) is 0 Å². The summed E-state index contributed by atoms with van der Waals surface area (Å²) in [5.41, 5.74) is -0.414. The molecule has 1 N–H and O–H groups in total. The minimum absolute atomic E-state index is 0.352. The number of ether oxygens (including phenoxy) is 2. The van der Waals surface area contributed by atoms with Crippen molar-refractivity contribution in [1.29, 1.82) is 0 Å². The maximum atomic E-state index is 11.4. The average molecular weight is 409 g/mol. The fourth-order valence-corrected chi connectivity index (χ4v) is 3.53. The Morgan fingerprint density at radius 1 is 0.926 bits per heavy atom. The topological polar surface area (TPSA) is 72.8 Å². The van der Waals surface area contributed by atoms with E-state index < -0.39 is 20.7 Å². The van der Waals surface area contributed by atoms with Crippen molar-refractivity contribution < 1.29 is 22.4 Å². The maximum absolute atomic E-state index is 11.4. The number of unbranched alkanes of at least 4 members (excludes halogenated alkanes) is 6. The summed E-state index contributed by atoms with van der Waals surface area (Å²) < 4.78 is 43.6. The van der Waals surface area contributed by atoms with Crippen LogP contribution >= 0.6 is 0 Å². The Hall–Kier alpha value is -0.170. The molecule has 0 aliphatic rings. The molecule has 0 aliphatic carbocycles. The Morgan fingerprint density at radius 2 is 1.44 bits per heavy atom. The Labute approximate surface area is 168 Å². The first kappa shape index (κ1) is 26.8. The van der Waals surface area contributed by atoms with Gasteiger partial charge in [-0.3, -0.25) is 4.55 Å². The predicted octanol–water partition coefficient (Wildman–Crippen LogP) is 5.98. The summed E-state index contributed by atoms with van der Waals surface area (Å²) in [6.45, 7) is 13.7. The van der Waals surface area contributed by atoms with Gasteiger partial charge >= 0.3 is 0 Å². The van der Waals surface area contributed by atoms with Crippen molar-refractivity contribution in [2.45, 2.75) is 123 Å². The molecule has 0 amide bonds. The zero-order chi connectivity index (χ0) is 21.1. The van der Waals surface area contributed by atoms with Crippen molar-refractivity contribution in [3.63, 3.8) is 0 Å². The highest BCUT2D eigenvalue weighted by Crippen LogP contribution is 2.26. The van der Waals surface area contributed by atoms with Crippen molar-refractivity contribution in [2.24, 2.45) is 5.92 Å². The Kier molecular flexibility index (Phi) is 12.3. The van der Waals surface area contributed by atoms with E-state index in [0.29, 0.717) is 18.9 Å². The molecular weight excluding hydrogens is 364 g/mol. The lowest BCUT2D eigenvalue weighted by Crippen LogP contribution is -2.40.